The molecule has 0 aromatic heterocycles. The summed E-state index contributed by atoms with van der Waals surface area (Å²) in [6, 6.07) is 0. The summed E-state index contributed by atoms with van der Waals surface area (Å²) in [5.74, 6) is 0. The Morgan fingerprint density at radius 1 is 1.44 bits per heavy atom. The van der Waals surface area contributed by atoms with Gasteiger partial charge in [-0.25, -0.2) is 9.18 Å². The molecular formula is C11H20FNO3. The smallest absolute Gasteiger partial charge is 0.410 e. The van der Waals surface area contributed by atoms with Crippen LogP contribution in [0.25, 0.3) is 0 Å². The van der Waals surface area contributed by atoms with Gasteiger partial charge in [0.15, 0.2) is 0 Å². The maximum absolute atomic E-state index is 13.5. The van der Waals surface area contributed by atoms with Gasteiger partial charge in [-0.05, 0) is 27.2 Å². The van der Waals surface area contributed by atoms with E-state index in [0.717, 1.165) is 0 Å². The van der Waals surface area contributed by atoms with Gasteiger partial charge in [0.25, 0.3) is 0 Å². The molecule has 1 fully saturated rings. The van der Waals surface area contributed by atoms with E-state index >= 15 is 0 Å². The number of hydrogen-bond donors (Lipinski definition) is 0. The molecule has 0 spiro atoms. The molecule has 0 aromatic rings. The van der Waals surface area contributed by atoms with Crippen LogP contribution in [0.3, 0.4) is 0 Å². The average molecular weight is 233 g/mol. The fourth-order valence-electron chi connectivity index (χ4n) is 1.64. The summed E-state index contributed by atoms with van der Waals surface area (Å²) >= 11 is 0. The maximum atomic E-state index is 13.5. The Kier molecular flexibility index (Phi) is 4.13. The van der Waals surface area contributed by atoms with Crippen LogP contribution in [0.15, 0.2) is 0 Å². The Morgan fingerprint density at radius 2 is 2.06 bits per heavy atom. The average Bonchev–Trinajstić information content (AvgIpc) is 2.15. The number of nitrogens with zero attached hydrogens (tertiary/aromatic N) is 1. The number of carbonyl (C=O) groups excluding carboxylic acids is 1. The second-order valence-corrected chi connectivity index (χ2v) is 5.01. The second-order valence-electron chi connectivity index (χ2n) is 5.01. The zero-order valence-corrected chi connectivity index (χ0v) is 10.3. The predicted molar refractivity (Wildman–Crippen MR) is 58.1 cm³/mol. The highest BCUT2D eigenvalue weighted by Crippen LogP contribution is 2.19. The van der Waals surface area contributed by atoms with E-state index < -0.39 is 24.0 Å². The van der Waals surface area contributed by atoms with Crippen LogP contribution < -0.4 is 0 Å². The molecule has 5 heteroatoms. The number of rotatable bonds is 1. The molecule has 0 radical (unpaired) electrons. The lowest BCUT2D eigenvalue weighted by atomic mass is 10.1. The van der Waals surface area contributed by atoms with Crippen LogP contribution in [0, 0.1) is 0 Å². The summed E-state index contributed by atoms with van der Waals surface area (Å²) in [6.45, 7) is 5.90. The third-order valence-electron chi connectivity index (χ3n) is 2.44. The van der Waals surface area contributed by atoms with E-state index in [1.807, 2.05) is 0 Å². The fraction of sp³-hybridized carbons (Fsp3) is 0.909. The molecule has 0 aromatic carbocycles. The third-order valence-corrected chi connectivity index (χ3v) is 2.44. The summed E-state index contributed by atoms with van der Waals surface area (Å²) in [5.41, 5.74) is -0.541. The molecular weight excluding hydrogens is 213 g/mol. The van der Waals surface area contributed by atoms with Gasteiger partial charge in [0, 0.05) is 13.7 Å². The minimum atomic E-state index is -1.13. The normalized spacial score (nSPS) is 26.7. The van der Waals surface area contributed by atoms with E-state index in [1.54, 1.807) is 20.8 Å². The van der Waals surface area contributed by atoms with E-state index in [9.17, 15) is 9.18 Å². The Morgan fingerprint density at radius 3 is 2.50 bits per heavy atom. The molecule has 1 saturated heterocycles. The second kappa shape index (κ2) is 4.99. The van der Waals surface area contributed by atoms with E-state index in [-0.39, 0.29) is 6.54 Å². The summed E-state index contributed by atoms with van der Waals surface area (Å²) in [6.07, 6.45) is -1.48. The first-order valence-electron chi connectivity index (χ1n) is 5.48. The van der Waals surface area contributed by atoms with Crippen molar-refractivity contribution in [1.82, 2.24) is 4.90 Å². The summed E-state index contributed by atoms with van der Waals surface area (Å²) in [7, 11) is 1.49. The first kappa shape index (κ1) is 13.2. The number of carbonyl (C=O) groups is 1. The largest absolute Gasteiger partial charge is 0.444 e. The van der Waals surface area contributed by atoms with Crippen molar-refractivity contribution in [3.63, 3.8) is 0 Å². The van der Waals surface area contributed by atoms with E-state index in [1.165, 1.54) is 12.0 Å². The standard InChI is InChI=1S/C11H20FNO3/c1-11(2,3)16-10(14)13-6-5-9(15-4)8(12)7-13/h8-9H,5-7H2,1-4H3/t8?,9-/m0/s1. The zero-order chi connectivity index (χ0) is 12.3. The van der Waals surface area contributed by atoms with Crippen molar-refractivity contribution in [2.45, 2.75) is 45.1 Å². The van der Waals surface area contributed by atoms with Crippen LogP contribution >= 0.6 is 0 Å². The molecule has 0 aliphatic carbocycles. The summed E-state index contributed by atoms with van der Waals surface area (Å²) < 4.78 is 23.7. The highest BCUT2D eigenvalue weighted by atomic mass is 19.1. The van der Waals surface area contributed by atoms with Gasteiger partial charge in [-0.1, -0.05) is 0 Å². The van der Waals surface area contributed by atoms with Gasteiger partial charge in [0.1, 0.15) is 11.8 Å². The number of amides is 1. The number of alkyl halides is 1. The highest BCUT2D eigenvalue weighted by molar-refractivity contribution is 5.68. The Bertz CT molecular complexity index is 252. The number of halogens is 1. The van der Waals surface area contributed by atoms with Gasteiger partial charge in [-0.15, -0.1) is 0 Å². The minimum absolute atomic E-state index is 0.0490. The first-order valence-corrected chi connectivity index (χ1v) is 5.48. The van der Waals surface area contributed by atoms with Crippen LogP contribution in [-0.2, 0) is 9.47 Å². The SMILES string of the molecule is CO[C@H]1CCN(C(=O)OC(C)(C)C)CC1F. The molecule has 94 valence electrons. The number of piperidine rings is 1. The molecule has 1 aliphatic rings. The summed E-state index contributed by atoms with van der Waals surface area (Å²) in [4.78, 5) is 13.0. The number of likely N-dealkylation sites (tertiary alicyclic amines) is 1. The molecule has 2 atom stereocenters. The number of ether oxygens (including phenoxy) is 2. The zero-order valence-electron chi connectivity index (χ0n) is 10.3. The molecule has 1 unspecified atom stereocenters. The highest BCUT2D eigenvalue weighted by Gasteiger charge is 2.33. The molecule has 0 N–H and O–H groups in total. The van der Waals surface area contributed by atoms with E-state index in [4.69, 9.17) is 9.47 Å². The van der Waals surface area contributed by atoms with Gasteiger partial charge in [-0.3, -0.25) is 0 Å². The Balaban J connectivity index is 2.48. The molecule has 1 amide bonds. The van der Waals surface area contributed by atoms with E-state index in [2.05, 4.69) is 0 Å². The van der Waals surface area contributed by atoms with Gasteiger partial charge in [0.05, 0.1) is 12.6 Å². The van der Waals surface area contributed by atoms with E-state index in [0.29, 0.717) is 13.0 Å². The summed E-state index contributed by atoms with van der Waals surface area (Å²) in [5, 5.41) is 0. The molecule has 1 heterocycles. The van der Waals surface area contributed by atoms with Crippen molar-refractivity contribution >= 4 is 6.09 Å². The molecule has 1 aliphatic heterocycles. The Hall–Kier alpha value is -0.840. The van der Waals surface area contributed by atoms with Crippen molar-refractivity contribution in [2.75, 3.05) is 20.2 Å². The minimum Gasteiger partial charge on any atom is -0.444 e. The molecule has 0 saturated carbocycles. The number of hydrogen-bond acceptors (Lipinski definition) is 3. The van der Waals surface area contributed by atoms with Crippen molar-refractivity contribution in [1.29, 1.82) is 0 Å². The van der Waals surface area contributed by atoms with Crippen molar-refractivity contribution in [3.8, 4) is 0 Å². The lowest BCUT2D eigenvalue weighted by molar-refractivity contribution is -0.0340. The predicted octanol–water partition coefficient (Wildman–Crippen LogP) is 1.98. The van der Waals surface area contributed by atoms with Crippen LogP contribution in [0.5, 0.6) is 0 Å². The third kappa shape index (κ3) is 3.63. The van der Waals surface area contributed by atoms with Crippen LogP contribution in [0.1, 0.15) is 27.2 Å². The van der Waals surface area contributed by atoms with Crippen molar-refractivity contribution < 1.29 is 18.7 Å². The number of methoxy groups -OCH3 is 1. The van der Waals surface area contributed by atoms with Gasteiger partial charge in [-0.2, -0.15) is 0 Å². The Labute approximate surface area is 95.7 Å². The van der Waals surface area contributed by atoms with Crippen LogP contribution in [0.4, 0.5) is 9.18 Å². The van der Waals surface area contributed by atoms with Crippen LogP contribution in [-0.4, -0.2) is 49.1 Å². The maximum Gasteiger partial charge on any atom is 0.410 e. The van der Waals surface area contributed by atoms with Crippen LogP contribution in [0.2, 0.25) is 0 Å². The lowest BCUT2D eigenvalue weighted by Gasteiger charge is -2.34. The van der Waals surface area contributed by atoms with Crippen molar-refractivity contribution in [2.24, 2.45) is 0 Å². The molecule has 16 heavy (non-hydrogen) atoms. The van der Waals surface area contributed by atoms with Gasteiger partial charge >= 0.3 is 6.09 Å². The van der Waals surface area contributed by atoms with Gasteiger partial charge < -0.3 is 14.4 Å². The first-order chi connectivity index (χ1) is 7.33. The quantitative estimate of drug-likeness (QED) is 0.695. The lowest BCUT2D eigenvalue weighted by Crippen LogP contribution is -2.49. The van der Waals surface area contributed by atoms with Crippen molar-refractivity contribution in [3.05, 3.63) is 0 Å². The molecule has 4 nitrogen and oxygen atoms in total. The van der Waals surface area contributed by atoms with Gasteiger partial charge in [0.2, 0.25) is 0 Å². The topological polar surface area (TPSA) is 38.8 Å². The molecule has 0 bridgehead atoms. The molecule has 1 rings (SSSR count). The monoisotopic (exact) mass is 233 g/mol. The fourth-order valence-corrected chi connectivity index (χ4v) is 1.64.